The van der Waals surface area contributed by atoms with Gasteiger partial charge in [-0.15, -0.1) is 0 Å². The summed E-state index contributed by atoms with van der Waals surface area (Å²) in [5, 5.41) is 1.31. The molecule has 2 aromatic carbocycles. The molecule has 3 rings (SSSR count). The van der Waals surface area contributed by atoms with E-state index in [0.717, 1.165) is 22.3 Å². The minimum Gasteiger partial charge on any atom is -0.399 e. The van der Waals surface area contributed by atoms with Crippen LogP contribution in [0.5, 0.6) is 0 Å². The van der Waals surface area contributed by atoms with Crippen LogP contribution in [0.3, 0.4) is 0 Å². The van der Waals surface area contributed by atoms with Crippen LogP contribution in [-0.2, 0) is 0 Å². The SMILES string of the molecule is Cc1cc(Cl)c(-n2cnc3cc(N)ccc32)cc1Cl. The maximum Gasteiger partial charge on any atom is 0.100 e. The monoisotopic (exact) mass is 291 g/mol. The molecule has 0 radical (unpaired) electrons. The number of aryl methyl sites for hydroxylation is 1. The summed E-state index contributed by atoms with van der Waals surface area (Å²) in [5.74, 6) is 0. The van der Waals surface area contributed by atoms with E-state index in [1.54, 1.807) is 6.33 Å². The average Bonchev–Trinajstić information content (AvgIpc) is 2.76. The molecule has 19 heavy (non-hydrogen) atoms. The van der Waals surface area contributed by atoms with Gasteiger partial charge in [-0.3, -0.25) is 4.57 Å². The normalized spacial score (nSPS) is 11.1. The van der Waals surface area contributed by atoms with E-state index in [0.29, 0.717) is 15.7 Å². The highest BCUT2D eigenvalue weighted by Gasteiger charge is 2.10. The van der Waals surface area contributed by atoms with Crippen LogP contribution in [0.15, 0.2) is 36.7 Å². The Morgan fingerprint density at radius 3 is 2.68 bits per heavy atom. The molecule has 0 fully saturated rings. The lowest BCUT2D eigenvalue weighted by molar-refractivity contribution is 1.09. The molecular weight excluding hydrogens is 281 g/mol. The lowest BCUT2D eigenvalue weighted by Gasteiger charge is -2.09. The zero-order valence-corrected chi connectivity index (χ0v) is 11.7. The van der Waals surface area contributed by atoms with Crippen molar-refractivity contribution in [3.05, 3.63) is 52.3 Å². The Kier molecular flexibility index (Phi) is 2.88. The number of aromatic nitrogens is 2. The topological polar surface area (TPSA) is 43.8 Å². The first-order chi connectivity index (χ1) is 9.06. The van der Waals surface area contributed by atoms with Gasteiger partial charge in [0, 0.05) is 10.7 Å². The van der Waals surface area contributed by atoms with E-state index in [1.807, 2.05) is 41.8 Å². The number of nitrogens with zero attached hydrogens (tertiary/aromatic N) is 2. The van der Waals surface area contributed by atoms with E-state index >= 15 is 0 Å². The van der Waals surface area contributed by atoms with Crippen molar-refractivity contribution in [2.45, 2.75) is 6.92 Å². The molecule has 0 bridgehead atoms. The highest BCUT2D eigenvalue weighted by molar-refractivity contribution is 6.35. The number of fused-ring (bicyclic) bond motifs is 1. The van der Waals surface area contributed by atoms with Crippen molar-refractivity contribution in [1.82, 2.24) is 9.55 Å². The molecule has 96 valence electrons. The number of imidazole rings is 1. The number of benzene rings is 2. The second-order valence-corrected chi connectivity index (χ2v) is 5.23. The smallest absolute Gasteiger partial charge is 0.100 e. The van der Waals surface area contributed by atoms with Crippen LogP contribution in [0.4, 0.5) is 5.69 Å². The molecule has 1 heterocycles. The maximum absolute atomic E-state index is 6.29. The number of hydrogen-bond acceptors (Lipinski definition) is 2. The second-order valence-electron chi connectivity index (χ2n) is 4.42. The fourth-order valence-electron chi connectivity index (χ4n) is 2.04. The van der Waals surface area contributed by atoms with Gasteiger partial charge in [-0.2, -0.15) is 0 Å². The molecule has 0 amide bonds. The van der Waals surface area contributed by atoms with E-state index < -0.39 is 0 Å². The van der Waals surface area contributed by atoms with Crippen molar-refractivity contribution in [1.29, 1.82) is 0 Å². The second kappa shape index (κ2) is 4.44. The summed E-state index contributed by atoms with van der Waals surface area (Å²) in [7, 11) is 0. The maximum atomic E-state index is 6.29. The standard InChI is InChI=1S/C14H11Cl2N3/c1-8-4-11(16)14(6-10(8)15)19-7-18-12-5-9(17)2-3-13(12)19/h2-7H,17H2,1H3. The molecular formula is C14H11Cl2N3. The minimum absolute atomic E-state index is 0.637. The quantitative estimate of drug-likeness (QED) is 0.682. The molecule has 0 saturated carbocycles. The predicted octanol–water partition coefficient (Wildman–Crippen LogP) is 4.22. The van der Waals surface area contributed by atoms with Gasteiger partial charge < -0.3 is 5.73 Å². The van der Waals surface area contributed by atoms with Gasteiger partial charge in [-0.05, 0) is 42.8 Å². The van der Waals surface area contributed by atoms with E-state index in [9.17, 15) is 0 Å². The Morgan fingerprint density at radius 2 is 1.89 bits per heavy atom. The number of nitrogens with two attached hydrogens (primary N) is 1. The van der Waals surface area contributed by atoms with E-state index in [2.05, 4.69) is 4.98 Å². The molecule has 0 spiro atoms. The van der Waals surface area contributed by atoms with Crippen LogP contribution in [0, 0.1) is 6.92 Å². The molecule has 0 aliphatic heterocycles. The van der Waals surface area contributed by atoms with Crippen LogP contribution < -0.4 is 5.73 Å². The van der Waals surface area contributed by atoms with Gasteiger partial charge in [-0.1, -0.05) is 23.2 Å². The minimum atomic E-state index is 0.637. The summed E-state index contributed by atoms with van der Waals surface area (Å²) < 4.78 is 1.91. The van der Waals surface area contributed by atoms with Gasteiger partial charge >= 0.3 is 0 Å². The number of halogens is 2. The summed E-state index contributed by atoms with van der Waals surface area (Å²) in [6.07, 6.45) is 1.72. The van der Waals surface area contributed by atoms with Crippen molar-refractivity contribution in [2.24, 2.45) is 0 Å². The van der Waals surface area contributed by atoms with Crippen LogP contribution in [-0.4, -0.2) is 9.55 Å². The third-order valence-electron chi connectivity index (χ3n) is 3.06. The number of hydrogen-bond donors (Lipinski definition) is 1. The number of nitrogen functional groups attached to an aromatic ring is 1. The van der Waals surface area contributed by atoms with Crippen LogP contribution >= 0.6 is 23.2 Å². The van der Waals surface area contributed by atoms with Gasteiger partial charge in [0.2, 0.25) is 0 Å². The molecule has 5 heteroatoms. The largest absolute Gasteiger partial charge is 0.399 e. The number of rotatable bonds is 1. The first-order valence-electron chi connectivity index (χ1n) is 5.75. The zero-order chi connectivity index (χ0) is 13.6. The van der Waals surface area contributed by atoms with E-state index in [-0.39, 0.29) is 0 Å². The molecule has 2 N–H and O–H groups in total. The molecule has 0 atom stereocenters. The molecule has 1 aromatic heterocycles. The fourth-order valence-corrected chi connectivity index (χ4v) is 2.51. The summed E-state index contributed by atoms with van der Waals surface area (Å²) in [4.78, 5) is 4.33. The fraction of sp³-hybridized carbons (Fsp3) is 0.0714. The molecule has 3 nitrogen and oxygen atoms in total. The summed E-state index contributed by atoms with van der Waals surface area (Å²) in [6.45, 7) is 1.92. The van der Waals surface area contributed by atoms with Crippen molar-refractivity contribution < 1.29 is 0 Å². The molecule has 0 aliphatic rings. The lowest BCUT2D eigenvalue weighted by atomic mass is 10.2. The Bertz CT molecular complexity index is 778. The summed E-state index contributed by atoms with van der Waals surface area (Å²) in [6, 6.07) is 9.28. The lowest BCUT2D eigenvalue weighted by Crippen LogP contribution is -1.94. The van der Waals surface area contributed by atoms with Crippen LogP contribution in [0.25, 0.3) is 16.7 Å². The zero-order valence-electron chi connectivity index (χ0n) is 10.2. The molecule has 0 aliphatic carbocycles. The molecule has 3 aromatic rings. The van der Waals surface area contributed by atoms with Crippen LogP contribution in [0.2, 0.25) is 10.0 Å². The van der Waals surface area contributed by atoms with Crippen molar-refractivity contribution in [2.75, 3.05) is 5.73 Å². The Morgan fingerprint density at radius 1 is 1.11 bits per heavy atom. The van der Waals surface area contributed by atoms with E-state index in [4.69, 9.17) is 28.9 Å². The number of anilines is 1. The van der Waals surface area contributed by atoms with Gasteiger partial charge in [0.15, 0.2) is 0 Å². The highest BCUT2D eigenvalue weighted by Crippen LogP contribution is 2.30. The molecule has 0 unspecified atom stereocenters. The van der Waals surface area contributed by atoms with E-state index in [1.165, 1.54) is 0 Å². The summed E-state index contributed by atoms with van der Waals surface area (Å²) >= 11 is 12.5. The predicted molar refractivity (Wildman–Crippen MR) is 80.2 cm³/mol. The Labute approximate surface area is 120 Å². The van der Waals surface area contributed by atoms with Gasteiger partial charge in [0.25, 0.3) is 0 Å². The third kappa shape index (κ3) is 2.05. The summed E-state index contributed by atoms with van der Waals surface area (Å²) in [5.41, 5.74) is 9.96. The van der Waals surface area contributed by atoms with Crippen molar-refractivity contribution >= 4 is 39.9 Å². The van der Waals surface area contributed by atoms with Crippen LogP contribution in [0.1, 0.15) is 5.56 Å². The van der Waals surface area contributed by atoms with Crippen molar-refractivity contribution in [3.63, 3.8) is 0 Å². The Balaban J connectivity index is 2.28. The van der Waals surface area contributed by atoms with Gasteiger partial charge in [-0.25, -0.2) is 4.98 Å². The third-order valence-corrected chi connectivity index (χ3v) is 3.77. The highest BCUT2D eigenvalue weighted by atomic mass is 35.5. The first kappa shape index (κ1) is 12.3. The van der Waals surface area contributed by atoms with Crippen molar-refractivity contribution in [3.8, 4) is 5.69 Å². The van der Waals surface area contributed by atoms with Gasteiger partial charge in [0.1, 0.15) is 6.33 Å². The average molecular weight is 292 g/mol. The molecule has 0 saturated heterocycles. The Hall–Kier alpha value is -1.71. The van der Waals surface area contributed by atoms with Gasteiger partial charge in [0.05, 0.1) is 21.7 Å². The first-order valence-corrected chi connectivity index (χ1v) is 6.50.